The van der Waals surface area contributed by atoms with Crippen molar-refractivity contribution in [3.63, 3.8) is 0 Å². The molecule has 2 aliphatic carbocycles. The molecule has 1 saturated heterocycles. The lowest BCUT2D eigenvalue weighted by Crippen LogP contribution is -2.40. The van der Waals surface area contributed by atoms with Crippen molar-refractivity contribution in [2.45, 2.75) is 57.9 Å². The average molecular weight is 347 g/mol. The summed E-state index contributed by atoms with van der Waals surface area (Å²) in [6, 6.07) is 0.256. The van der Waals surface area contributed by atoms with Crippen molar-refractivity contribution in [2.24, 2.45) is 17.8 Å². The van der Waals surface area contributed by atoms with Gasteiger partial charge >= 0.3 is 0 Å². The molecule has 2 saturated carbocycles. The third-order valence-electron chi connectivity index (χ3n) is 6.01. The fourth-order valence-corrected chi connectivity index (χ4v) is 5.70. The molecule has 2 amide bonds. The summed E-state index contributed by atoms with van der Waals surface area (Å²) in [7, 11) is 0. The summed E-state index contributed by atoms with van der Waals surface area (Å²) in [6.07, 6.45) is 7.19. The maximum absolute atomic E-state index is 12.4. The highest BCUT2D eigenvalue weighted by Gasteiger charge is 2.42. The van der Waals surface area contributed by atoms with E-state index >= 15 is 0 Å². The quantitative estimate of drug-likeness (QED) is 0.891. The van der Waals surface area contributed by atoms with Crippen molar-refractivity contribution < 1.29 is 9.59 Å². The van der Waals surface area contributed by atoms with Crippen LogP contribution >= 0.6 is 11.3 Å². The van der Waals surface area contributed by atoms with Gasteiger partial charge in [0.15, 0.2) is 5.13 Å². The van der Waals surface area contributed by atoms with Gasteiger partial charge in [-0.2, -0.15) is 0 Å². The van der Waals surface area contributed by atoms with Crippen LogP contribution in [0.5, 0.6) is 0 Å². The summed E-state index contributed by atoms with van der Waals surface area (Å²) < 4.78 is 0. The third kappa shape index (κ3) is 3.08. The molecule has 3 aliphatic rings. The van der Waals surface area contributed by atoms with Crippen LogP contribution < -0.4 is 10.2 Å². The van der Waals surface area contributed by atoms with E-state index in [0.717, 1.165) is 35.6 Å². The zero-order valence-electron chi connectivity index (χ0n) is 14.2. The molecule has 2 bridgehead atoms. The number of amides is 2. The summed E-state index contributed by atoms with van der Waals surface area (Å²) in [6.45, 7) is 2.90. The Labute approximate surface area is 146 Å². The molecule has 6 heteroatoms. The fourth-order valence-electron chi connectivity index (χ4n) is 4.83. The lowest BCUT2D eigenvalue weighted by molar-refractivity contribution is -0.121. The van der Waals surface area contributed by atoms with Crippen LogP contribution in [0.15, 0.2) is 5.38 Å². The molecule has 24 heavy (non-hydrogen) atoms. The first kappa shape index (κ1) is 16.1. The highest BCUT2D eigenvalue weighted by Crippen LogP contribution is 2.49. The summed E-state index contributed by atoms with van der Waals surface area (Å²) in [5.74, 6) is 2.57. The van der Waals surface area contributed by atoms with E-state index in [4.69, 9.17) is 0 Å². The number of carbonyl (C=O) groups is 2. The van der Waals surface area contributed by atoms with Crippen LogP contribution in [0.3, 0.4) is 0 Å². The van der Waals surface area contributed by atoms with Gasteiger partial charge in [-0.05, 0) is 50.4 Å². The van der Waals surface area contributed by atoms with Crippen molar-refractivity contribution in [3.05, 3.63) is 11.1 Å². The summed E-state index contributed by atoms with van der Waals surface area (Å²) in [5.41, 5.74) is 0.771. The standard InChI is InChI=1S/C18H25N3O2S/c1-11(15-8-12-4-5-13(15)7-12)19-16(22)9-14-10-24-18(20-14)21-6-2-3-17(21)23/h10-13,15H,2-9H2,1H3,(H,19,22)/t11-,12+,13+,15+/m1/s1. The average Bonchev–Trinajstić information content (AvgIpc) is 3.30. The number of hydrogen-bond acceptors (Lipinski definition) is 4. The Hall–Kier alpha value is -1.43. The molecule has 130 valence electrons. The van der Waals surface area contributed by atoms with Crippen LogP contribution in [0, 0.1) is 17.8 Å². The summed E-state index contributed by atoms with van der Waals surface area (Å²) in [5, 5.41) is 5.83. The van der Waals surface area contributed by atoms with E-state index in [1.54, 1.807) is 4.90 Å². The van der Waals surface area contributed by atoms with Gasteiger partial charge in [0.25, 0.3) is 0 Å². The summed E-state index contributed by atoms with van der Waals surface area (Å²) in [4.78, 5) is 30.4. The largest absolute Gasteiger partial charge is 0.353 e. The Morgan fingerprint density at radius 2 is 2.33 bits per heavy atom. The number of rotatable bonds is 5. The van der Waals surface area contributed by atoms with E-state index in [1.165, 1.54) is 37.0 Å². The maximum Gasteiger partial charge on any atom is 0.228 e. The molecule has 1 aromatic heterocycles. The molecule has 3 fully saturated rings. The van der Waals surface area contributed by atoms with Gasteiger partial charge in [-0.25, -0.2) is 4.98 Å². The molecule has 1 aromatic rings. The Morgan fingerprint density at radius 3 is 3.00 bits per heavy atom. The van der Waals surface area contributed by atoms with Crippen LogP contribution in [-0.2, 0) is 16.0 Å². The molecular formula is C18H25N3O2S. The number of hydrogen-bond donors (Lipinski definition) is 1. The molecule has 1 N–H and O–H groups in total. The minimum absolute atomic E-state index is 0.0508. The lowest BCUT2D eigenvalue weighted by Gasteiger charge is -2.28. The van der Waals surface area contributed by atoms with Crippen molar-refractivity contribution in [1.82, 2.24) is 10.3 Å². The van der Waals surface area contributed by atoms with Gasteiger partial charge in [-0.3, -0.25) is 14.5 Å². The maximum atomic E-state index is 12.4. The van der Waals surface area contributed by atoms with Gasteiger partial charge < -0.3 is 5.32 Å². The molecule has 0 aromatic carbocycles. The number of thiazole rings is 1. The topological polar surface area (TPSA) is 62.3 Å². The number of carbonyl (C=O) groups excluding carboxylic acids is 2. The van der Waals surface area contributed by atoms with Crippen LogP contribution in [0.25, 0.3) is 0 Å². The number of nitrogens with one attached hydrogen (secondary N) is 1. The Bertz CT molecular complexity index is 644. The van der Waals surface area contributed by atoms with E-state index < -0.39 is 0 Å². The molecule has 0 spiro atoms. The minimum Gasteiger partial charge on any atom is -0.353 e. The number of aromatic nitrogens is 1. The van der Waals surface area contributed by atoms with Crippen molar-refractivity contribution in [1.29, 1.82) is 0 Å². The van der Waals surface area contributed by atoms with Crippen LogP contribution in [-0.4, -0.2) is 29.4 Å². The number of anilines is 1. The molecule has 4 atom stereocenters. The van der Waals surface area contributed by atoms with E-state index in [1.807, 2.05) is 5.38 Å². The zero-order valence-corrected chi connectivity index (χ0v) is 15.0. The highest BCUT2D eigenvalue weighted by molar-refractivity contribution is 7.14. The second-order valence-corrected chi connectivity index (χ2v) is 8.48. The zero-order chi connectivity index (χ0) is 16.7. The fraction of sp³-hybridized carbons (Fsp3) is 0.722. The molecule has 1 aliphatic heterocycles. The number of nitrogens with zero attached hydrogens (tertiary/aromatic N) is 2. The summed E-state index contributed by atoms with van der Waals surface area (Å²) >= 11 is 1.46. The second kappa shape index (κ2) is 6.47. The molecule has 0 unspecified atom stereocenters. The van der Waals surface area contributed by atoms with E-state index in [-0.39, 0.29) is 17.9 Å². The first-order chi connectivity index (χ1) is 11.6. The lowest BCUT2D eigenvalue weighted by atomic mass is 9.84. The van der Waals surface area contributed by atoms with Gasteiger partial charge in [0.05, 0.1) is 12.1 Å². The van der Waals surface area contributed by atoms with Gasteiger partial charge in [-0.1, -0.05) is 6.42 Å². The minimum atomic E-state index is 0.0508. The van der Waals surface area contributed by atoms with Crippen LogP contribution in [0.2, 0.25) is 0 Å². The third-order valence-corrected chi connectivity index (χ3v) is 6.92. The smallest absolute Gasteiger partial charge is 0.228 e. The first-order valence-electron chi connectivity index (χ1n) is 9.14. The van der Waals surface area contributed by atoms with Crippen LogP contribution in [0.1, 0.15) is 51.1 Å². The molecule has 5 nitrogen and oxygen atoms in total. The first-order valence-corrected chi connectivity index (χ1v) is 10.0. The van der Waals surface area contributed by atoms with E-state index in [2.05, 4.69) is 17.2 Å². The van der Waals surface area contributed by atoms with Crippen molar-refractivity contribution in [2.75, 3.05) is 11.4 Å². The monoisotopic (exact) mass is 347 g/mol. The Balaban J connectivity index is 1.31. The van der Waals surface area contributed by atoms with Gasteiger partial charge in [0, 0.05) is 24.4 Å². The highest BCUT2D eigenvalue weighted by atomic mass is 32.1. The number of fused-ring (bicyclic) bond motifs is 2. The van der Waals surface area contributed by atoms with Crippen LogP contribution in [0.4, 0.5) is 5.13 Å². The Kier molecular flexibility index (Phi) is 4.33. The molecule has 0 radical (unpaired) electrons. The second-order valence-electron chi connectivity index (χ2n) is 7.64. The predicted molar refractivity (Wildman–Crippen MR) is 93.9 cm³/mol. The van der Waals surface area contributed by atoms with Gasteiger partial charge in [0.2, 0.25) is 11.8 Å². The van der Waals surface area contributed by atoms with E-state index in [0.29, 0.717) is 18.8 Å². The SMILES string of the molecule is C[C@@H](NC(=O)Cc1csc(N2CCCC2=O)n1)[C@@H]1C[C@H]2CC[C@H]1C2. The Morgan fingerprint density at radius 1 is 1.46 bits per heavy atom. The normalized spacial score (nSPS) is 30.1. The van der Waals surface area contributed by atoms with Crippen molar-refractivity contribution in [3.8, 4) is 0 Å². The van der Waals surface area contributed by atoms with E-state index in [9.17, 15) is 9.59 Å². The van der Waals surface area contributed by atoms with Crippen molar-refractivity contribution >= 4 is 28.3 Å². The predicted octanol–water partition coefficient (Wildman–Crippen LogP) is 2.75. The van der Waals surface area contributed by atoms with Gasteiger partial charge in [0.1, 0.15) is 0 Å². The molecule has 4 rings (SSSR count). The van der Waals surface area contributed by atoms with Gasteiger partial charge in [-0.15, -0.1) is 11.3 Å². The molecular weight excluding hydrogens is 322 g/mol. The molecule has 2 heterocycles.